The van der Waals surface area contributed by atoms with Crippen molar-refractivity contribution in [2.45, 2.75) is 6.92 Å². The van der Waals surface area contributed by atoms with Crippen LogP contribution in [0.3, 0.4) is 0 Å². The topological polar surface area (TPSA) is 55.1 Å². The zero-order chi connectivity index (χ0) is 14.8. The maximum atomic E-state index is 12.2. The minimum absolute atomic E-state index is 0.246. The SMILES string of the molecule is Cc1oc(-c2ccccc2Cl)cc1C(=O)Nc1nccs1. The summed E-state index contributed by atoms with van der Waals surface area (Å²) in [6, 6.07) is 9.04. The highest BCUT2D eigenvalue weighted by atomic mass is 35.5. The van der Waals surface area contributed by atoms with Gasteiger partial charge in [-0.15, -0.1) is 11.3 Å². The third-order valence-electron chi connectivity index (χ3n) is 2.95. The maximum Gasteiger partial charge on any atom is 0.261 e. The van der Waals surface area contributed by atoms with Crippen molar-refractivity contribution in [3.8, 4) is 11.3 Å². The number of benzene rings is 1. The van der Waals surface area contributed by atoms with E-state index in [-0.39, 0.29) is 5.91 Å². The molecule has 1 N–H and O–H groups in total. The predicted molar refractivity (Wildman–Crippen MR) is 84.0 cm³/mol. The first-order valence-electron chi connectivity index (χ1n) is 6.21. The van der Waals surface area contributed by atoms with Gasteiger partial charge in [-0.3, -0.25) is 10.1 Å². The summed E-state index contributed by atoms with van der Waals surface area (Å²) in [7, 11) is 0. The molecule has 0 fully saturated rings. The van der Waals surface area contributed by atoms with Crippen molar-refractivity contribution in [2.24, 2.45) is 0 Å². The van der Waals surface area contributed by atoms with E-state index in [1.54, 1.807) is 30.6 Å². The molecule has 21 heavy (non-hydrogen) atoms. The van der Waals surface area contributed by atoms with E-state index in [9.17, 15) is 4.79 Å². The lowest BCUT2D eigenvalue weighted by Gasteiger charge is -1.98. The number of carbonyl (C=O) groups excluding carboxylic acids is 1. The van der Waals surface area contributed by atoms with E-state index in [2.05, 4.69) is 10.3 Å². The highest BCUT2D eigenvalue weighted by molar-refractivity contribution is 7.13. The number of nitrogens with zero attached hydrogens (tertiary/aromatic N) is 1. The number of aromatic nitrogens is 1. The Labute approximate surface area is 130 Å². The first-order valence-corrected chi connectivity index (χ1v) is 7.47. The van der Waals surface area contributed by atoms with Gasteiger partial charge in [-0.1, -0.05) is 23.7 Å². The van der Waals surface area contributed by atoms with Crippen LogP contribution in [0.25, 0.3) is 11.3 Å². The molecule has 0 aliphatic rings. The molecule has 2 heterocycles. The highest BCUT2D eigenvalue weighted by Crippen LogP contribution is 2.31. The van der Waals surface area contributed by atoms with E-state index < -0.39 is 0 Å². The van der Waals surface area contributed by atoms with Gasteiger partial charge in [0.25, 0.3) is 5.91 Å². The number of hydrogen-bond acceptors (Lipinski definition) is 4. The van der Waals surface area contributed by atoms with E-state index in [0.29, 0.717) is 27.2 Å². The Balaban J connectivity index is 1.91. The van der Waals surface area contributed by atoms with Gasteiger partial charge in [0.15, 0.2) is 5.13 Å². The monoisotopic (exact) mass is 318 g/mol. The average Bonchev–Trinajstić information content (AvgIpc) is 3.09. The lowest BCUT2D eigenvalue weighted by atomic mass is 10.1. The van der Waals surface area contributed by atoms with E-state index in [4.69, 9.17) is 16.0 Å². The summed E-state index contributed by atoms with van der Waals surface area (Å²) in [4.78, 5) is 16.3. The van der Waals surface area contributed by atoms with Gasteiger partial charge in [0.2, 0.25) is 0 Å². The predicted octanol–water partition coefficient (Wildman–Crippen LogP) is 4.62. The second-order valence-corrected chi connectivity index (χ2v) is 5.65. The number of thiazole rings is 1. The van der Waals surface area contributed by atoms with Gasteiger partial charge < -0.3 is 4.42 Å². The molecule has 0 aliphatic carbocycles. The lowest BCUT2D eigenvalue weighted by molar-refractivity contribution is 0.102. The Kier molecular flexibility index (Phi) is 3.77. The Morgan fingerprint density at radius 2 is 2.19 bits per heavy atom. The van der Waals surface area contributed by atoms with Gasteiger partial charge in [0.1, 0.15) is 11.5 Å². The molecule has 0 unspecified atom stereocenters. The van der Waals surface area contributed by atoms with Crippen molar-refractivity contribution < 1.29 is 9.21 Å². The van der Waals surface area contributed by atoms with Crippen LogP contribution in [0.4, 0.5) is 5.13 Å². The number of amides is 1. The van der Waals surface area contributed by atoms with Gasteiger partial charge >= 0.3 is 0 Å². The van der Waals surface area contributed by atoms with Crippen molar-refractivity contribution in [3.05, 3.63) is 58.3 Å². The largest absolute Gasteiger partial charge is 0.460 e. The molecule has 106 valence electrons. The van der Waals surface area contributed by atoms with Crippen LogP contribution in [-0.4, -0.2) is 10.9 Å². The average molecular weight is 319 g/mol. The molecule has 1 aromatic carbocycles. The third kappa shape index (κ3) is 2.84. The second-order valence-electron chi connectivity index (χ2n) is 4.35. The molecule has 0 saturated heterocycles. The third-order valence-corrected chi connectivity index (χ3v) is 3.97. The van der Waals surface area contributed by atoms with Crippen LogP contribution < -0.4 is 5.32 Å². The smallest absolute Gasteiger partial charge is 0.261 e. The van der Waals surface area contributed by atoms with E-state index in [1.807, 2.05) is 18.2 Å². The number of halogens is 1. The Morgan fingerprint density at radius 1 is 1.38 bits per heavy atom. The molecule has 3 rings (SSSR count). The van der Waals surface area contributed by atoms with Gasteiger partial charge in [0.05, 0.1) is 10.6 Å². The number of rotatable bonds is 3. The van der Waals surface area contributed by atoms with Crippen LogP contribution in [0.5, 0.6) is 0 Å². The zero-order valence-electron chi connectivity index (χ0n) is 11.1. The number of aryl methyl sites for hydroxylation is 1. The number of anilines is 1. The molecule has 0 saturated carbocycles. The Hall–Kier alpha value is -2.11. The fourth-order valence-corrected chi connectivity index (χ4v) is 2.70. The van der Waals surface area contributed by atoms with E-state index >= 15 is 0 Å². The minimum Gasteiger partial charge on any atom is -0.460 e. The molecule has 0 bridgehead atoms. The zero-order valence-corrected chi connectivity index (χ0v) is 12.7. The molecule has 0 aliphatic heterocycles. The summed E-state index contributed by atoms with van der Waals surface area (Å²) < 4.78 is 5.66. The minimum atomic E-state index is -0.246. The molecule has 2 aromatic heterocycles. The lowest BCUT2D eigenvalue weighted by Crippen LogP contribution is -2.11. The summed E-state index contributed by atoms with van der Waals surface area (Å²) in [5, 5.41) is 5.67. The van der Waals surface area contributed by atoms with Crippen LogP contribution in [0.2, 0.25) is 5.02 Å². The molecule has 3 aromatic rings. The van der Waals surface area contributed by atoms with Crippen molar-refractivity contribution in [1.29, 1.82) is 0 Å². The standard InChI is InChI=1S/C15H11ClN2O2S/c1-9-11(14(19)18-15-17-6-7-21-15)8-13(20-9)10-4-2-3-5-12(10)16/h2-8H,1H3,(H,17,18,19). The molecule has 0 spiro atoms. The quantitative estimate of drug-likeness (QED) is 0.766. The fraction of sp³-hybridized carbons (Fsp3) is 0.0667. The number of nitrogens with one attached hydrogen (secondary N) is 1. The van der Waals surface area contributed by atoms with Gasteiger partial charge in [-0.05, 0) is 25.1 Å². The van der Waals surface area contributed by atoms with Crippen LogP contribution in [0.15, 0.2) is 46.3 Å². The fourth-order valence-electron chi connectivity index (χ4n) is 1.95. The maximum absolute atomic E-state index is 12.2. The van der Waals surface area contributed by atoms with E-state index in [0.717, 1.165) is 5.56 Å². The molecule has 1 amide bonds. The molecular weight excluding hydrogens is 308 g/mol. The molecular formula is C15H11ClN2O2S. The van der Waals surface area contributed by atoms with E-state index in [1.165, 1.54) is 11.3 Å². The highest BCUT2D eigenvalue weighted by Gasteiger charge is 2.17. The molecule has 4 nitrogen and oxygen atoms in total. The van der Waals surface area contributed by atoms with Crippen LogP contribution in [0.1, 0.15) is 16.1 Å². The van der Waals surface area contributed by atoms with Crippen molar-refractivity contribution in [1.82, 2.24) is 4.98 Å². The normalized spacial score (nSPS) is 10.6. The van der Waals surface area contributed by atoms with Gasteiger partial charge in [-0.2, -0.15) is 0 Å². The van der Waals surface area contributed by atoms with Crippen LogP contribution in [-0.2, 0) is 0 Å². The van der Waals surface area contributed by atoms with Gasteiger partial charge in [0, 0.05) is 17.1 Å². The van der Waals surface area contributed by atoms with Crippen molar-refractivity contribution >= 4 is 34.0 Å². The number of carbonyl (C=O) groups is 1. The Bertz CT molecular complexity index is 781. The van der Waals surface area contributed by atoms with Crippen molar-refractivity contribution in [2.75, 3.05) is 5.32 Å². The summed E-state index contributed by atoms with van der Waals surface area (Å²) in [5.41, 5.74) is 1.23. The summed E-state index contributed by atoms with van der Waals surface area (Å²) >= 11 is 7.51. The van der Waals surface area contributed by atoms with Crippen molar-refractivity contribution in [3.63, 3.8) is 0 Å². The van der Waals surface area contributed by atoms with Crippen LogP contribution in [0, 0.1) is 6.92 Å². The first kappa shape index (κ1) is 13.9. The number of furan rings is 1. The van der Waals surface area contributed by atoms with Crippen LogP contribution >= 0.6 is 22.9 Å². The summed E-state index contributed by atoms with van der Waals surface area (Å²) in [5.74, 6) is 0.867. The first-order chi connectivity index (χ1) is 10.1. The molecule has 0 radical (unpaired) electrons. The molecule has 6 heteroatoms. The number of hydrogen-bond donors (Lipinski definition) is 1. The Morgan fingerprint density at radius 3 is 2.90 bits per heavy atom. The summed E-state index contributed by atoms with van der Waals surface area (Å²) in [6.07, 6.45) is 1.64. The van der Waals surface area contributed by atoms with Gasteiger partial charge in [-0.25, -0.2) is 4.98 Å². The second kappa shape index (κ2) is 5.71. The summed E-state index contributed by atoms with van der Waals surface area (Å²) in [6.45, 7) is 1.75. The molecule has 0 atom stereocenters.